The lowest BCUT2D eigenvalue weighted by atomic mass is 10.00. The molecule has 2 saturated heterocycles. The van der Waals surface area contributed by atoms with Crippen molar-refractivity contribution in [2.75, 3.05) is 25.4 Å². The molecule has 0 unspecified atom stereocenters. The molecule has 0 bridgehead atoms. The lowest BCUT2D eigenvalue weighted by molar-refractivity contribution is -0.162. The van der Waals surface area contributed by atoms with E-state index in [4.69, 9.17) is 5.73 Å². The maximum atomic E-state index is 13.8. The molecule has 34 heavy (non-hydrogen) atoms. The number of carbonyl (C=O) groups is 3. The standard InChI is InChI=1S/C24H26N6O3S/c1-2-11-28(15-31)29-14-20(32)30-19(29)13-27(23(33)22(30)16-7-4-3-5-8-16)12-17-9-6-10-18-21(17)26-24(25)34-18/h3-10,15,19,22H,2,11-14H2,1H3,(H2,25,26)/t19-,22+/m1/s1. The van der Waals surface area contributed by atoms with Crippen LogP contribution in [0.4, 0.5) is 5.13 Å². The molecule has 2 atom stereocenters. The van der Waals surface area contributed by atoms with E-state index in [1.165, 1.54) is 11.3 Å². The summed E-state index contributed by atoms with van der Waals surface area (Å²) in [5.74, 6) is -0.310. The molecule has 2 aliphatic heterocycles. The lowest BCUT2D eigenvalue weighted by Crippen LogP contribution is -2.61. The fourth-order valence-corrected chi connectivity index (χ4v) is 5.66. The number of para-hydroxylation sites is 1. The highest BCUT2D eigenvalue weighted by atomic mass is 32.1. The minimum Gasteiger partial charge on any atom is -0.375 e. The molecular formula is C24H26N6O3S. The molecule has 0 aliphatic carbocycles. The predicted molar refractivity (Wildman–Crippen MR) is 129 cm³/mol. The molecule has 9 nitrogen and oxygen atoms in total. The highest BCUT2D eigenvalue weighted by Crippen LogP contribution is 2.37. The summed E-state index contributed by atoms with van der Waals surface area (Å²) in [6.45, 7) is 3.17. The van der Waals surface area contributed by atoms with Gasteiger partial charge in [-0.15, -0.1) is 0 Å². The van der Waals surface area contributed by atoms with Gasteiger partial charge in [0.25, 0.3) is 5.91 Å². The van der Waals surface area contributed by atoms with Crippen molar-refractivity contribution in [2.24, 2.45) is 0 Å². The van der Waals surface area contributed by atoms with E-state index in [-0.39, 0.29) is 24.9 Å². The Morgan fingerprint density at radius 2 is 1.97 bits per heavy atom. The minimum absolute atomic E-state index is 0.0616. The summed E-state index contributed by atoms with van der Waals surface area (Å²) in [6, 6.07) is 14.4. The van der Waals surface area contributed by atoms with Crippen molar-refractivity contribution in [2.45, 2.75) is 32.1 Å². The maximum absolute atomic E-state index is 13.8. The third-order valence-corrected chi connectivity index (χ3v) is 7.21. The molecule has 2 N–H and O–H groups in total. The number of fused-ring (bicyclic) bond motifs is 2. The van der Waals surface area contributed by atoms with E-state index < -0.39 is 12.2 Å². The number of amides is 3. The van der Waals surface area contributed by atoms with Gasteiger partial charge in [-0.25, -0.2) is 4.98 Å². The number of nitrogens with zero attached hydrogens (tertiary/aromatic N) is 5. The van der Waals surface area contributed by atoms with Crippen LogP contribution in [0.5, 0.6) is 0 Å². The number of hydrogen-bond donors (Lipinski definition) is 1. The molecule has 5 rings (SSSR count). The molecule has 2 aromatic carbocycles. The van der Waals surface area contributed by atoms with E-state index in [2.05, 4.69) is 4.98 Å². The fraction of sp³-hybridized carbons (Fsp3) is 0.333. The molecule has 1 aromatic heterocycles. The monoisotopic (exact) mass is 478 g/mol. The van der Waals surface area contributed by atoms with Crippen LogP contribution in [0.1, 0.15) is 30.5 Å². The zero-order valence-electron chi connectivity index (χ0n) is 18.8. The second kappa shape index (κ2) is 9.03. The largest absolute Gasteiger partial charge is 0.375 e. The summed E-state index contributed by atoms with van der Waals surface area (Å²) in [6.07, 6.45) is 1.08. The van der Waals surface area contributed by atoms with Crippen molar-refractivity contribution in [3.63, 3.8) is 0 Å². The van der Waals surface area contributed by atoms with Crippen molar-refractivity contribution in [3.8, 4) is 0 Å². The molecule has 2 aliphatic rings. The van der Waals surface area contributed by atoms with Crippen molar-refractivity contribution in [1.82, 2.24) is 24.8 Å². The first-order valence-electron chi connectivity index (χ1n) is 11.3. The van der Waals surface area contributed by atoms with Gasteiger partial charge in [0.05, 0.1) is 23.3 Å². The molecule has 3 heterocycles. The Morgan fingerprint density at radius 1 is 1.18 bits per heavy atom. The zero-order valence-corrected chi connectivity index (χ0v) is 19.6. The van der Waals surface area contributed by atoms with Gasteiger partial charge in [-0.3, -0.25) is 19.4 Å². The number of anilines is 1. The zero-order chi connectivity index (χ0) is 23.8. The van der Waals surface area contributed by atoms with Crippen LogP contribution in [0.25, 0.3) is 10.2 Å². The summed E-state index contributed by atoms with van der Waals surface area (Å²) in [5.41, 5.74) is 8.37. The Balaban J connectivity index is 1.54. The number of nitrogen functional groups attached to an aromatic ring is 1. The third kappa shape index (κ3) is 3.78. The van der Waals surface area contributed by atoms with Gasteiger partial charge in [-0.05, 0) is 23.6 Å². The molecule has 0 radical (unpaired) electrons. The number of benzene rings is 2. The van der Waals surface area contributed by atoms with Crippen LogP contribution in [0, 0.1) is 0 Å². The van der Waals surface area contributed by atoms with Crippen molar-refractivity contribution in [3.05, 3.63) is 59.7 Å². The number of carbonyl (C=O) groups excluding carboxylic acids is 3. The lowest BCUT2D eigenvalue weighted by Gasteiger charge is -2.46. The Bertz CT molecular complexity index is 1230. The van der Waals surface area contributed by atoms with Gasteiger partial charge in [0.2, 0.25) is 12.3 Å². The Kier molecular flexibility index (Phi) is 5.93. The van der Waals surface area contributed by atoms with E-state index in [0.29, 0.717) is 18.2 Å². The fourth-order valence-electron chi connectivity index (χ4n) is 4.88. The number of piperazine rings is 1. The van der Waals surface area contributed by atoms with Crippen LogP contribution in [0.15, 0.2) is 48.5 Å². The molecule has 3 aromatic rings. The number of hydrazine groups is 1. The van der Waals surface area contributed by atoms with Crippen LogP contribution < -0.4 is 5.73 Å². The Hall–Kier alpha value is -3.50. The predicted octanol–water partition coefficient (Wildman–Crippen LogP) is 2.22. The summed E-state index contributed by atoms with van der Waals surface area (Å²) < 4.78 is 0.966. The van der Waals surface area contributed by atoms with E-state index in [1.807, 2.05) is 55.5 Å². The smallest absolute Gasteiger partial charge is 0.250 e. The van der Waals surface area contributed by atoms with Gasteiger partial charge in [-0.2, -0.15) is 5.01 Å². The number of hydrogen-bond acceptors (Lipinski definition) is 7. The maximum Gasteiger partial charge on any atom is 0.250 e. The summed E-state index contributed by atoms with van der Waals surface area (Å²) in [4.78, 5) is 46.7. The van der Waals surface area contributed by atoms with E-state index in [0.717, 1.165) is 34.2 Å². The van der Waals surface area contributed by atoms with E-state index in [1.54, 1.807) is 19.8 Å². The second-order valence-electron chi connectivity index (χ2n) is 8.50. The first-order chi connectivity index (χ1) is 16.5. The summed E-state index contributed by atoms with van der Waals surface area (Å²) in [7, 11) is 0. The topological polar surface area (TPSA) is 103 Å². The van der Waals surface area contributed by atoms with Gasteiger partial charge in [0, 0.05) is 13.1 Å². The van der Waals surface area contributed by atoms with Crippen molar-refractivity contribution >= 4 is 44.9 Å². The Labute approximate surface area is 201 Å². The van der Waals surface area contributed by atoms with Crippen LogP contribution in [0.2, 0.25) is 0 Å². The number of aromatic nitrogens is 1. The van der Waals surface area contributed by atoms with Crippen LogP contribution in [-0.4, -0.2) is 68.8 Å². The second-order valence-corrected chi connectivity index (χ2v) is 9.56. The van der Waals surface area contributed by atoms with Gasteiger partial charge >= 0.3 is 0 Å². The quantitative estimate of drug-likeness (QED) is 0.523. The first kappa shape index (κ1) is 22.3. The summed E-state index contributed by atoms with van der Waals surface area (Å²) >= 11 is 1.41. The molecule has 2 fully saturated rings. The van der Waals surface area contributed by atoms with Crippen molar-refractivity contribution < 1.29 is 14.4 Å². The Morgan fingerprint density at radius 3 is 2.71 bits per heavy atom. The first-order valence-corrected chi connectivity index (χ1v) is 12.1. The SMILES string of the molecule is CCCN(C=O)N1CC(=O)N2[C@@H](c3ccccc3)C(=O)N(Cc3cccc4sc(N)nc34)C[C@@H]21. The molecule has 176 valence electrons. The third-order valence-electron chi connectivity index (χ3n) is 6.36. The van der Waals surface area contributed by atoms with Gasteiger partial charge in [-0.1, -0.05) is 60.7 Å². The minimum atomic E-state index is -0.757. The van der Waals surface area contributed by atoms with Crippen LogP contribution in [0.3, 0.4) is 0 Å². The summed E-state index contributed by atoms with van der Waals surface area (Å²) in [5, 5.41) is 3.82. The number of thiazole rings is 1. The normalized spacial score (nSPS) is 20.7. The van der Waals surface area contributed by atoms with Gasteiger partial charge < -0.3 is 15.5 Å². The van der Waals surface area contributed by atoms with Gasteiger partial charge in [0.1, 0.15) is 12.2 Å². The van der Waals surface area contributed by atoms with E-state index >= 15 is 0 Å². The highest BCUT2D eigenvalue weighted by Gasteiger charge is 2.51. The average Bonchev–Trinajstić information content (AvgIpc) is 3.38. The number of rotatable bonds is 7. The average molecular weight is 479 g/mol. The molecule has 0 saturated carbocycles. The highest BCUT2D eigenvalue weighted by molar-refractivity contribution is 7.22. The van der Waals surface area contributed by atoms with Crippen LogP contribution in [-0.2, 0) is 20.9 Å². The molecular weight excluding hydrogens is 452 g/mol. The molecule has 10 heteroatoms. The van der Waals surface area contributed by atoms with E-state index in [9.17, 15) is 14.4 Å². The number of nitrogens with two attached hydrogens (primary N) is 1. The van der Waals surface area contributed by atoms with Crippen LogP contribution >= 0.6 is 11.3 Å². The molecule has 0 spiro atoms. The molecule has 3 amide bonds. The van der Waals surface area contributed by atoms with Gasteiger partial charge in [0.15, 0.2) is 5.13 Å². The van der Waals surface area contributed by atoms with Crippen molar-refractivity contribution in [1.29, 1.82) is 0 Å².